The molecule has 0 aliphatic carbocycles. The second-order valence-electron chi connectivity index (χ2n) is 3.83. The Morgan fingerprint density at radius 2 is 2.21 bits per heavy atom. The highest BCUT2D eigenvalue weighted by Crippen LogP contribution is 2.08. The zero-order valence-corrected chi connectivity index (χ0v) is 9.70. The number of aromatic nitrogens is 4. The van der Waals surface area contributed by atoms with Crippen LogP contribution in [-0.4, -0.2) is 25.5 Å². The molecule has 0 saturated carbocycles. The quantitative estimate of drug-likeness (QED) is 0.704. The first-order valence-electron chi connectivity index (χ1n) is 5.53. The molecule has 3 rings (SSSR count). The average Bonchev–Trinajstić information content (AvgIpc) is 2.80. The van der Waals surface area contributed by atoms with E-state index >= 15 is 0 Å². The number of hydrogen-bond acceptors (Lipinski definition) is 4. The molecule has 0 bridgehead atoms. The van der Waals surface area contributed by atoms with E-state index in [2.05, 4.69) is 20.4 Å². The van der Waals surface area contributed by atoms with E-state index in [-0.39, 0.29) is 11.3 Å². The van der Waals surface area contributed by atoms with Gasteiger partial charge in [0.15, 0.2) is 11.5 Å². The Morgan fingerprint density at radius 1 is 1.32 bits per heavy atom. The molecule has 0 radical (unpaired) electrons. The first-order valence-corrected chi connectivity index (χ1v) is 5.53. The minimum absolute atomic E-state index is 0.178. The van der Waals surface area contributed by atoms with Crippen molar-refractivity contribution in [2.45, 2.75) is 0 Å². The summed E-state index contributed by atoms with van der Waals surface area (Å²) in [5.41, 5.74) is 0.473. The number of H-pyrrole nitrogens is 1. The van der Waals surface area contributed by atoms with Crippen LogP contribution in [0.3, 0.4) is 0 Å². The van der Waals surface area contributed by atoms with E-state index in [1.165, 1.54) is 18.2 Å². The predicted octanol–water partition coefficient (Wildman–Crippen LogP) is 0.670. The standard InChI is InChI=1S/C12H9N5O2/c18-11-4-1-3-8(14-11)12(19)15-9-7-10-13-5-2-6-17(10)16-9/h1-7H,(H,14,18)(H,15,16,19). The first kappa shape index (κ1) is 11.1. The molecule has 7 heteroatoms. The van der Waals surface area contributed by atoms with Crippen LogP contribution in [0.25, 0.3) is 5.65 Å². The van der Waals surface area contributed by atoms with Crippen LogP contribution in [0.5, 0.6) is 0 Å². The minimum Gasteiger partial charge on any atom is -0.318 e. The SMILES string of the molecule is O=C(Nc1cc2ncccn2n1)c1cccc(=O)[nH]1. The zero-order chi connectivity index (χ0) is 13.2. The maximum Gasteiger partial charge on any atom is 0.273 e. The van der Waals surface area contributed by atoms with Gasteiger partial charge < -0.3 is 10.3 Å². The molecule has 0 unspecified atom stereocenters. The van der Waals surface area contributed by atoms with Gasteiger partial charge in [-0.15, -0.1) is 5.10 Å². The summed E-state index contributed by atoms with van der Waals surface area (Å²) in [5, 5.41) is 6.72. The van der Waals surface area contributed by atoms with Crippen molar-refractivity contribution < 1.29 is 4.79 Å². The van der Waals surface area contributed by atoms with Crippen molar-refractivity contribution >= 4 is 17.4 Å². The molecule has 7 nitrogen and oxygen atoms in total. The Labute approximate surface area is 106 Å². The molecule has 0 spiro atoms. The monoisotopic (exact) mass is 255 g/mol. The van der Waals surface area contributed by atoms with Crippen molar-refractivity contribution in [1.82, 2.24) is 19.6 Å². The largest absolute Gasteiger partial charge is 0.318 e. The highest BCUT2D eigenvalue weighted by Gasteiger charge is 2.09. The second kappa shape index (κ2) is 4.37. The maximum atomic E-state index is 11.9. The molecule has 1 amide bonds. The lowest BCUT2D eigenvalue weighted by Gasteiger charge is -2.00. The Kier molecular flexibility index (Phi) is 2.57. The van der Waals surface area contributed by atoms with Gasteiger partial charge in [0.1, 0.15) is 5.69 Å². The van der Waals surface area contributed by atoms with E-state index < -0.39 is 5.91 Å². The van der Waals surface area contributed by atoms with Gasteiger partial charge in [0.2, 0.25) is 5.56 Å². The van der Waals surface area contributed by atoms with Gasteiger partial charge in [-0.3, -0.25) is 9.59 Å². The van der Waals surface area contributed by atoms with Gasteiger partial charge in [0.25, 0.3) is 5.91 Å². The molecular weight excluding hydrogens is 246 g/mol. The van der Waals surface area contributed by atoms with Gasteiger partial charge in [-0.2, -0.15) is 0 Å². The lowest BCUT2D eigenvalue weighted by atomic mass is 10.3. The summed E-state index contributed by atoms with van der Waals surface area (Å²) < 4.78 is 1.54. The summed E-state index contributed by atoms with van der Waals surface area (Å²) in [4.78, 5) is 29.5. The molecule has 2 N–H and O–H groups in total. The molecule has 0 saturated heterocycles. The summed E-state index contributed by atoms with van der Waals surface area (Å²) in [7, 11) is 0. The molecule has 0 atom stereocenters. The molecule has 94 valence electrons. The van der Waals surface area contributed by atoms with Crippen molar-refractivity contribution in [3.05, 3.63) is 58.8 Å². The summed E-state index contributed by atoms with van der Waals surface area (Å²) in [6, 6.07) is 7.74. The van der Waals surface area contributed by atoms with E-state index in [1.54, 1.807) is 29.0 Å². The number of aromatic amines is 1. The molecular formula is C12H9N5O2. The van der Waals surface area contributed by atoms with Crippen molar-refractivity contribution in [3.63, 3.8) is 0 Å². The summed E-state index contributed by atoms with van der Waals surface area (Å²) in [6.07, 6.45) is 3.36. The van der Waals surface area contributed by atoms with Crippen LogP contribution in [0, 0.1) is 0 Å². The zero-order valence-electron chi connectivity index (χ0n) is 9.70. The normalized spacial score (nSPS) is 10.5. The Bertz CT molecular complexity index is 772. The average molecular weight is 255 g/mol. The van der Waals surface area contributed by atoms with Gasteiger partial charge in [-0.05, 0) is 12.1 Å². The number of hydrogen-bond donors (Lipinski definition) is 2. The molecule has 3 aromatic rings. The van der Waals surface area contributed by atoms with Crippen LogP contribution in [0.15, 0.2) is 47.5 Å². The molecule has 0 fully saturated rings. The van der Waals surface area contributed by atoms with Crippen LogP contribution >= 0.6 is 0 Å². The van der Waals surface area contributed by atoms with E-state index in [0.29, 0.717) is 11.5 Å². The van der Waals surface area contributed by atoms with Gasteiger partial charge in [-0.1, -0.05) is 6.07 Å². The third-order valence-electron chi connectivity index (χ3n) is 2.49. The number of amides is 1. The third kappa shape index (κ3) is 2.21. The van der Waals surface area contributed by atoms with Gasteiger partial charge in [-0.25, -0.2) is 9.50 Å². The fourth-order valence-corrected chi connectivity index (χ4v) is 1.66. The van der Waals surface area contributed by atoms with Crippen LogP contribution in [0.4, 0.5) is 5.82 Å². The Hall–Kier alpha value is -2.96. The molecule has 0 aliphatic rings. The number of carbonyl (C=O) groups excluding carboxylic acids is 1. The lowest BCUT2D eigenvalue weighted by molar-refractivity contribution is 0.102. The number of carbonyl (C=O) groups is 1. The molecule has 0 aliphatic heterocycles. The van der Waals surface area contributed by atoms with Crippen LogP contribution in [0.2, 0.25) is 0 Å². The number of nitrogens with zero attached hydrogens (tertiary/aromatic N) is 3. The van der Waals surface area contributed by atoms with E-state index in [4.69, 9.17) is 0 Å². The van der Waals surface area contributed by atoms with Gasteiger partial charge >= 0.3 is 0 Å². The van der Waals surface area contributed by atoms with Crippen molar-refractivity contribution in [3.8, 4) is 0 Å². The second-order valence-corrected chi connectivity index (χ2v) is 3.83. The number of pyridine rings is 1. The fourth-order valence-electron chi connectivity index (χ4n) is 1.66. The van der Waals surface area contributed by atoms with Crippen molar-refractivity contribution in [1.29, 1.82) is 0 Å². The topological polar surface area (TPSA) is 92.2 Å². The van der Waals surface area contributed by atoms with Gasteiger partial charge in [0.05, 0.1) is 0 Å². The Balaban J connectivity index is 1.88. The number of anilines is 1. The van der Waals surface area contributed by atoms with E-state index in [1.807, 2.05) is 0 Å². The van der Waals surface area contributed by atoms with Crippen LogP contribution < -0.4 is 10.9 Å². The smallest absolute Gasteiger partial charge is 0.273 e. The molecule has 0 aromatic carbocycles. The third-order valence-corrected chi connectivity index (χ3v) is 2.49. The van der Waals surface area contributed by atoms with Crippen LogP contribution in [0.1, 0.15) is 10.5 Å². The molecule has 3 aromatic heterocycles. The maximum absolute atomic E-state index is 11.9. The number of nitrogens with one attached hydrogen (secondary N) is 2. The Morgan fingerprint density at radius 3 is 3.00 bits per heavy atom. The summed E-state index contributed by atoms with van der Waals surface area (Å²) in [5.74, 6) is -0.0606. The van der Waals surface area contributed by atoms with Gasteiger partial charge in [0, 0.05) is 24.5 Å². The highest BCUT2D eigenvalue weighted by atomic mass is 16.2. The molecule has 19 heavy (non-hydrogen) atoms. The summed E-state index contributed by atoms with van der Waals surface area (Å²) >= 11 is 0. The number of rotatable bonds is 2. The van der Waals surface area contributed by atoms with E-state index in [9.17, 15) is 9.59 Å². The first-order chi connectivity index (χ1) is 9.22. The highest BCUT2D eigenvalue weighted by molar-refractivity contribution is 6.02. The predicted molar refractivity (Wildman–Crippen MR) is 68.0 cm³/mol. The fraction of sp³-hybridized carbons (Fsp3) is 0. The molecule has 3 heterocycles. The number of fused-ring (bicyclic) bond motifs is 1. The van der Waals surface area contributed by atoms with Crippen LogP contribution in [-0.2, 0) is 0 Å². The van der Waals surface area contributed by atoms with E-state index in [0.717, 1.165) is 0 Å². The lowest BCUT2D eigenvalue weighted by Crippen LogP contribution is -2.18. The summed E-state index contributed by atoms with van der Waals surface area (Å²) in [6.45, 7) is 0. The minimum atomic E-state index is -0.430. The van der Waals surface area contributed by atoms with Crippen molar-refractivity contribution in [2.75, 3.05) is 5.32 Å². The van der Waals surface area contributed by atoms with Crippen molar-refractivity contribution in [2.24, 2.45) is 0 Å².